The number of benzene rings is 7. The number of fused-ring (bicyclic) bond motifs is 7. The molecule has 3 heterocycles. The molecule has 0 fully saturated rings. The molecule has 0 bridgehead atoms. The highest BCUT2D eigenvalue weighted by atomic mass is 32.1. The van der Waals surface area contributed by atoms with Crippen LogP contribution in [0.1, 0.15) is 76.0 Å². The summed E-state index contributed by atoms with van der Waals surface area (Å²) >= 11 is 2.08. The largest absolute Gasteiger partial charge is 0.311 e. The predicted molar refractivity (Wildman–Crippen MR) is 265 cm³/mol. The van der Waals surface area contributed by atoms with Gasteiger partial charge in [0.25, 0.3) is 6.71 Å². The van der Waals surface area contributed by atoms with Gasteiger partial charge in [0.05, 0.1) is 11.4 Å². The molecule has 0 amide bonds. The fourth-order valence-corrected chi connectivity index (χ4v) is 11.7. The molecule has 0 spiro atoms. The minimum atomic E-state index is -0.0768. The molecule has 0 saturated heterocycles. The molecule has 7 aromatic carbocycles. The topological polar surface area (TPSA) is 9.72 Å². The highest BCUT2D eigenvalue weighted by Gasteiger charge is 2.47. The predicted octanol–water partition coefficient (Wildman–Crippen LogP) is 13.9. The number of hydrogen-bond donors (Lipinski definition) is 0. The minimum absolute atomic E-state index is 0.0545. The normalized spacial score (nSPS) is 14.4. The maximum atomic E-state index is 2.65. The molecule has 3 aliphatic rings. The van der Waals surface area contributed by atoms with Crippen molar-refractivity contribution < 1.29 is 0 Å². The van der Waals surface area contributed by atoms with Crippen molar-refractivity contribution in [1.82, 2.24) is 0 Å². The molecule has 11 rings (SSSR count). The van der Waals surface area contributed by atoms with Crippen LogP contribution in [-0.4, -0.2) is 6.71 Å². The quantitative estimate of drug-likeness (QED) is 0.160. The van der Waals surface area contributed by atoms with E-state index >= 15 is 0 Å². The third-order valence-corrected chi connectivity index (χ3v) is 14.6. The van der Waals surface area contributed by atoms with Crippen molar-refractivity contribution in [1.29, 1.82) is 0 Å². The molecule has 2 aliphatic heterocycles. The second-order valence-electron chi connectivity index (χ2n) is 19.3. The third-order valence-electron chi connectivity index (χ3n) is 13.3. The van der Waals surface area contributed by atoms with Crippen LogP contribution in [0.3, 0.4) is 0 Å². The van der Waals surface area contributed by atoms with Gasteiger partial charge in [-0.15, -0.1) is 0 Å². The Labute approximate surface area is 366 Å². The number of hydrogen-bond acceptors (Lipinski definition) is 4. The van der Waals surface area contributed by atoms with Crippen molar-refractivity contribution in [3.05, 3.63) is 179 Å². The van der Waals surface area contributed by atoms with E-state index in [9.17, 15) is 0 Å². The molecule has 0 saturated carbocycles. The van der Waals surface area contributed by atoms with Gasteiger partial charge in [0, 0.05) is 54.9 Å². The first-order valence-corrected chi connectivity index (χ1v) is 22.9. The lowest BCUT2D eigenvalue weighted by molar-refractivity contribution is 0.590. The summed E-state index contributed by atoms with van der Waals surface area (Å²) in [6.07, 6.45) is 4.80. The Morgan fingerprint density at radius 3 is 1.85 bits per heavy atom. The minimum Gasteiger partial charge on any atom is -0.311 e. The van der Waals surface area contributed by atoms with E-state index in [2.05, 4.69) is 225 Å². The van der Waals surface area contributed by atoms with Crippen LogP contribution in [0.15, 0.2) is 158 Å². The summed E-state index contributed by atoms with van der Waals surface area (Å²) in [6, 6.07) is 59.4. The van der Waals surface area contributed by atoms with Crippen molar-refractivity contribution in [2.45, 2.75) is 78.1 Å². The number of anilines is 9. The fourth-order valence-electron chi connectivity index (χ4n) is 10.2. The average molecular weight is 810 g/mol. The molecule has 0 N–H and O–H groups in total. The summed E-state index contributed by atoms with van der Waals surface area (Å²) in [7, 11) is 0. The Kier molecular flexibility index (Phi) is 8.88. The van der Waals surface area contributed by atoms with Gasteiger partial charge in [-0.05, 0) is 136 Å². The number of aryl methyl sites for hydroxylation is 1. The number of thiophene rings is 1. The van der Waals surface area contributed by atoms with E-state index in [0.29, 0.717) is 0 Å². The van der Waals surface area contributed by atoms with Crippen LogP contribution >= 0.6 is 11.3 Å². The van der Waals surface area contributed by atoms with Gasteiger partial charge in [-0.2, -0.15) is 11.3 Å². The van der Waals surface area contributed by atoms with Crippen LogP contribution in [0.2, 0.25) is 0 Å². The van der Waals surface area contributed by atoms with Crippen molar-refractivity contribution in [2.24, 2.45) is 0 Å². The van der Waals surface area contributed by atoms with Crippen LogP contribution in [0, 0.1) is 0 Å². The lowest BCUT2D eigenvalue weighted by Crippen LogP contribution is -2.60. The van der Waals surface area contributed by atoms with Crippen LogP contribution in [0.5, 0.6) is 0 Å². The van der Waals surface area contributed by atoms with Crippen LogP contribution in [-0.2, 0) is 23.7 Å². The summed E-state index contributed by atoms with van der Waals surface area (Å²) in [6.45, 7) is 14.1. The number of rotatable bonds is 5. The van der Waals surface area contributed by atoms with Crippen LogP contribution in [0.25, 0.3) is 10.8 Å². The SMILES string of the molecule is CC(C)(C)c1ccc(N(c2ccc3c(c2)N(c2ccccc2)c2cc(C(C)(C)C)cc4c2B3c2sc3c(c2N4c2ccccc2)CCCC3)c2cccc3ccccc23)cc1. The Morgan fingerprint density at radius 2 is 1.15 bits per heavy atom. The number of para-hydroxylation sites is 2. The van der Waals surface area contributed by atoms with Gasteiger partial charge in [0.2, 0.25) is 0 Å². The lowest BCUT2D eigenvalue weighted by Gasteiger charge is -2.44. The van der Waals surface area contributed by atoms with Crippen molar-refractivity contribution in [3.63, 3.8) is 0 Å². The summed E-state index contributed by atoms with van der Waals surface area (Å²) in [5.74, 6) is 0. The fraction of sp³-hybridized carbons (Fsp3) is 0.214. The average Bonchev–Trinajstić information content (AvgIpc) is 3.66. The first-order chi connectivity index (χ1) is 29.5. The second kappa shape index (κ2) is 14.3. The first kappa shape index (κ1) is 37.9. The molecule has 300 valence electrons. The van der Waals surface area contributed by atoms with E-state index in [1.807, 2.05) is 0 Å². The van der Waals surface area contributed by atoms with Gasteiger partial charge in [-0.3, -0.25) is 0 Å². The van der Waals surface area contributed by atoms with Gasteiger partial charge in [-0.1, -0.05) is 133 Å². The summed E-state index contributed by atoms with van der Waals surface area (Å²) < 4.78 is 1.48. The first-order valence-electron chi connectivity index (χ1n) is 22.1. The van der Waals surface area contributed by atoms with E-state index in [4.69, 9.17) is 0 Å². The van der Waals surface area contributed by atoms with Crippen LogP contribution < -0.4 is 30.4 Å². The maximum Gasteiger partial charge on any atom is 0.264 e. The molecular weight excluding hydrogens is 758 g/mol. The van der Waals surface area contributed by atoms with Crippen molar-refractivity contribution >= 4 is 95.7 Å². The second-order valence-corrected chi connectivity index (χ2v) is 20.4. The Hall–Kier alpha value is -6.04. The smallest absolute Gasteiger partial charge is 0.264 e. The molecule has 3 nitrogen and oxygen atoms in total. The molecule has 0 atom stereocenters. The van der Waals surface area contributed by atoms with E-state index in [-0.39, 0.29) is 17.5 Å². The summed E-state index contributed by atoms with van der Waals surface area (Å²) in [4.78, 5) is 9.28. The monoisotopic (exact) mass is 809 g/mol. The van der Waals surface area contributed by atoms with E-state index in [1.165, 1.54) is 90.3 Å². The Bertz CT molecular complexity index is 2950. The Balaban J connectivity index is 1.21. The number of nitrogens with zero attached hydrogens (tertiary/aromatic N) is 3. The molecule has 1 aliphatic carbocycles. The maximum absolute atomic E-state index is 2.65. The molecule has 5 heteroatoms. The summed E-state index contributed by atoms with van der Waals surface area (Å²) in [5.41, 5.74) is 18.1. The zero-order valence-electron chi connectivity index (χ0n) is 36.2. The van der Waals surface area contributed by atoms with Crippen molar-refractivity contribution in [3.8, 4) is 0 Å². The zero-order valence-corrected chi connectivity index (χ0v) is 37.0. The third kappa shape index (κ3) is 6.23. The molecular formula is C56H52BN3S. The van der Waals surface area contributed by atoms with Gasteiger partial charge >= 0.3 is 0 Å². The molecule has 0 unspecified atom stereocenters. The lowest BCUT2D eigenvalue weighted by atomic mass is 9.36. The van der Waals surface area contributed by atoms with Crippen LogP contribution in [0.4, 0.5) is 51.2 Å². The molecule has 0 radical (unpaired) electrons. The van der Waals surface area contributed by atoms with E-state index < -0.39 is 0 Å². The highest BCUT2D eigenvalue weighted by molar-refractivity contribution is 7.29. The summed E-state index contributed by atoms with van der Waals surface area (Å²) in [5, 5.41) is 2.46. The van der Waals surface area contributed by atoms with Gasteiger partial charge in [-0.25, -0.2) is 0 Å². The highest BCUT2D eigenvalue weighted by Crippen LogP contribution is 2.50. The van der Waals surface area contributed by atoms with Crippen molar-refractivity contribution in [2.75, 3.05) is 14.7 Å². The zero-order chi connectivity index (χ0) is 41.6. The Morgan fingerprint density at radius 1 is 0.541 bits per heavy atom. The molecule has 61 heavy (non-hydrogen) atoms. The van der Waals surface area contributed by atoms with E-state index in [1.54, 1.807) is 10.4 Å². The standard InChI is InChI=1S/C56H52BN3S/c1-55(2,3)38-28-30-42(31-29-38)58(47-26-17-19-37-18-13-14-24-44(37)47)43-32-33-46-48(36-43)59(40-20-9-7-10-21-40)49-34-39(56(4,5)6)35-50-52(49)57(46)54-53(45-25-15-16-27-51(45)61-54)60(50)41-22-11-8-12-23-41/h7-14,17-24,26,28-36H,15-16,25,27H2,1-6H3. The molecule has 8 aromatic rings. The van der Waals surface area contributed by atoms with E-state index in [0.717, 1.165) is 24.2 Å². The van der Waals surface area contributed by atoms with Gasteiger partial charge in [0.15, 0.2) is 0 Å². The molecule has 1 aromatic heterocycles. The van der Waals surface area contributed by atoms with Gasteiger partial charge < -0.3 is 14.7 Å². The van der Waals surface area contributed by atoms with Gasteiger partial charge in [0.1, 0.15) is 0 Å².